The summed E-state index contributed by atoms with van der Waals surface area (Å²) in [5, 5.41) is 11.9. The van der Waals surface area contributed by atoms with Gasteiger partial charge >= 0.3 is 0 Å². The summed E-state index contributed by atoms with van der Waals surface area (Å²) in [6.07, 6.45) is 10.9. The minimum absolute atomic E-state index is 0.207. The van der Waals surface area contributed by atoms with Crippen LogP contribution in [0.25, 0.3) is 78.7 Å². The van der Waals surface area contributed by atoms with Gasteiger partial charge in [-0.05, 0) is 108 Å². The highest BCUT2D eigenvalue weighted by atomic mass is 16.3. The van der Waals surface area contributed by atoms with Gasteiger partial charge in [0.05, 0.1) is 33.9 Å². The normalized spacial score (nSPS) is 17.9. The summed E-state index contributed by atoms with van der Waals surface area (Å²) in [4.78, 5) is 28.4. The van der Waals surface area contributed by atoms with Crippen molar-refractivity contribution < 1.29 is 5.11 Å². The number of fused-ring (bicyclic) bond motifs is 6. The van der Waals surface area contributed by atoms with Gasteiger partial charge in [0, 0.05) is 50.8 Å². The number of hydrogen-bond acceptors (Lipinski definition) is 7. The summed E-state index contributed by atoms with van der Waals surface area (Å²) in [5.74, 6) is 3.24. The summed E-state index contributed by atoms with van der Waals surface area (Å²) in [7, 11) is 0. The molecule has 10 aromatic rings. The maximum Gasteiger partial charge on any atom is 0.164 e. The number of para-hydroxylation sites is 1. The molecule has 2 aliphatic carbocycles. The Labute approximate surface area is 455 Å². The number of allylic oxidation sites excluding steroid dienone is 3. The number of benzene rings is 9. The minimum atomic E-state index is -1.14. The van der Waals surface area contributed by atoms with Gasteiger partial charge in [-0.3, -0.25) is 4.99 Å². The van der Waals surface area contributed by atoms with Crippen LogP contribution >= 0.6 is 0 Å². The highest BCUT2D eigenvalue weighted by Crippen LogP contribution is 2.58. The van der Waals surface area contributed by atoms with E-state index in [4.69, 9.17) is 24.9 Å². The van der Waals surface area contributed by atoms with Crippen molar-refractivity contribution in [2.24, 2.45) is 21.8 Å². The molecule has 0 saturated heterocycles. The lowest BCUT2D eigenvalue weighted by atomic mass is 9.86. The molecule has 3 atom stereocenters. The lowest BCUT2D eigenvalue weighted by Gasteiger charge is -2.32. The molecule has 3 unspecified atom stereocenters. The molecule has 0 radical (unpaired) electrons. The van der Waals surface area contributed by atoms with Crippen LogP contribution in [0.4, 0.5) is 17.1 Å². The van der Waals surface area contributed by atoms with Crippen molar-refractivity contribution in [1.29, 1.82) is 0 Å². The topological polar surface area (TPSA) is 86.9 Å². The van der Waals surface area contributed by atoms with E-state index in [1.807, 2.05) is 86.6 Å². The second-order valence-electron chi connectivity index (χ2n) is 21.3. The van der Waals surface area contributed by atoms with Gasteiger partial charge in [-0.15, -0.1) is 0 Å². The van der Waals surface area contributed by atoms with Crippen molar-refractivity contribution in [1.82, 2.24) is 15.0 Å². The standard InChI is InChI=1S/C71H54N6O/c1-70(2,78)60-35-17-18-36-64(60)77-62-39-37-51(49-27-19-29-53(41-49)68-74-66(47-23-9-4-10-24-47)73-67(75-68)48-25-11-5-12-26-48)43-58(62)56-33-15-16-34-57(56)59-44-52(38-40-63(59)77)50-28-20-30-54(42-50)69-72-65(46-21-7-3-8-22-46)61-45-71(61,76-69)55-31-13-6-14-32-55/h3-31,33-44,55,61,78H,32,45H2,1-2H3. The van der Waals surface area contributed by atoms with Crippen LogP contribution in [0, 0.1) is 11.8 Å². The molecule has 1 N–H and O–H groups in total. The zero-order valence-electron chi connectivity index (χ0n) is 43.4. The highest BCUT2D eigenvalue weighted by Gasteiger charge is 2.62. The van der Waals surface area contributed by atoms with E-state index in [9.17, 15) is 5.11 Å². The molecule has 0 amide bonds. The highest BCUT2D eigenvalue weighted by molar-refractivity contribution is 6.17. The van der Waals surface area contributed by atoms with Crippen molar-refractivity contribution in [2.75, 3.05) is 4.90 Å². The molecule has 1 saturated carbocycles. The third-order valence-electron chi connectivity index (χ3n) is 15.9. The van der Waals surface area contributed by atoms with Crippen LogP contribution in [0.2, 0.25) is 0 Å². The van der Waals surface area contributed by atoms with Crippen LogP contribution in [-0.2, 0) is 5.60 Å². The van der Waals surface area contributed by atoms with Crippen LogP contribution in [0.3, 0.4) is 0 Å². The van der Waals surface area contributed by atoms with Gasteiger partial charge < -0.3 is 10.0 Å². The molecule has 374 valence electrons. The van der Waals surface area contributed by atoms with Gasteiger partial charge in [-0.2, -0.15) is 0 Å². The molecule has 4 aliphatic rings. The monoisotopic (exact) mass is 1010 g/mol. The SMILES string of the molecule is CC(C)(O)c1ccccc1N1c2ccc(-c3cccc(C4=NC5(C6C=CC=CC6)CC5C(c5ccccc5)=N4)c3)cc2-c2ccccc2-c2cc(-c3cccc(-c4nc(-c5ccccc5)nc(-c5ccccc5)n4)c3)ccc21. The predicted octanol–water partition coefficient (Wildman–Crippen LogP) is 16.7. The zero-order chi connectivity index (χ0) is 52.4. The summed E-state index contributed by atoms with van der Waals surface area (Å²) in [6, 6.07) is 78.6. The molecule has 7 nitrogen and oxygen atoms in total. The number of rotatable bonds is 10. The lowest BCUT2D eigenvalue weighted by Crippen LogP contribution is -2.30. The molecule has 7 heteroatoms. The van der Waals surface area contributed by atoms with Gasteiger partial charge in [0.2, 0.25) is 0 Å². The van der Waals surface area contributed by atoms with Crippen molar-refractivity contribution in [3.63, 3.8) is 0 Å². The largest absolute Gasteiger partial charge is 0.386 e. The van der Waals surface area contributed by atoms with Crippen molar-refractivity contribution >= 4 is 28.6 Å². The minimum Gasteiger partial charge on any atom is -0.386 e. The van der Waals surface area contributed by atoms with Crippen molar-refractivity contribution in [2.45, 2.75) is 37.8 Å². The quantitative estimate of drug-likeness (QED) is 0.147. The Hall–Kier alpha value is -9.43. The predicted molar refractivity (Wildman–Crippen MR) is 318 cm³/mol. The Morgan fingerprint density at radius 2 is 0.936 bits per heavy atom. The van der Waals surface area contributed by atoms with Crippen LogP contribution in [-0.4, -0.2) is 37.1 Å². The summed E-state index contributed by atoms with van der Waals surface area (Å²) >= 11 is 0. The van der Waals surface area contributed by atoms with E-state index >= 15 is 0 Å². The first-order valence-electron chi connectivity index (χ1n) is 26.9. The average molecular weight is 1010 g/mol. The molecule has 1 aromatic heterocycles. The number of anilines is 3. The first-order valence-corrected chi connectivity index (χ1v) is 26.9. The Morgan fingerprint density at radius 1 is 0.449 bits per heavy atom. The second-order valence-corrected chi connectivity index (χ2v) is 21.3. The Kier molecular flexibility index (Phi) is 11.5. The Bertz CT molecular complexity index is 4040. The smallest absolute Gasteiger partial charge is 0.164 e. The Morgan fingerprint density at radius 3 is 1.51 bits per heavy atom. The fraction of sp³-hybridized carbons (Fsp3) is 0.113. The summed E-state index contributed by atoms with van der Waals surface area (Å²) in [5.41, 5.74) is 17.0. The van der Waals surface area contributed by atoms with E-state index in [0.29, 0.717) is 23.4 Å². The maximum absolute atomic E-state index is 11.9. The molecular weight excluding hydrogens is 953 g/mol. The molecule has 0 spiro atoms. The van der Waals surface area contributed by atoms with Crippen LogP contribution in [0.15, 0.2) is 259 Å². The molecular formula is C71H54N6O. The molecule has 14 rings (SSSR count). The first kappa shape index (κ1) is 47.1. The number of hydrogen-bond donors (Lipinski definition) is 1. The van der Waals surface area contributed by atoms with E-state index in [0.717, 1.165) is 114 Å². The fourth-order valence-electron chi connectivity index (χ4n) is 12.0. The molecule has 0 bridgehead atoms. The number of aliphatic imine (C=N–C) groups is 2. The molecule has 78 heavy (non-hydrogen) atoms. The molecule has 3 heterocycles. The van der Waals surface area contributed by atoms with Gasteiger partial charge in [-0.1, -0.05) is 206 Å². The van der Waals surface area contributed by atoms with Crippen LogP contribution in [0.5, 0.6) is 0 Å². The summed E-state index contributed by atoms with van der Waals surface area (Å²) in [6.45, 7) is 3.73. The van der Waals surface area contributed by atoms with E-state index in [1.54, 1.807) is 0 Å². The third kappa shape index (κ3) is 8.40. The third-order valence-corrected chi connectivity index (χ3v) is 15.9. The first-order chi connectivity index (χ1) is 38.3. The van der Waals surface area contributed by atoms with Gasteiger partial charge in [0.15, 0.2) is 23.3 Å². The fourth-order valence-corrected chi connectivity index (χ4v) is 12.0. The second kappa shape index (κ2) is 19.0. The van der Waals surface area contributed by atoms with E-state index < -0.39 is 5.60 Å². The van der Waals surface area contributed by atoms with E-state index in [-0.39, 0.29) is 11.5 Å². The van der Waals surface area contributed by atoms with E-state index in [2.05, 4.69) is 181 Å². The number of aromatic nitrogens is 3. The maximum atomic E-state index is 11.9. The molecule has 9 aromatic carbocycles. The van der Waals surface area contributed by atoms with Crippen molar-refractivity contribution in [3.05, 3.63) is 265 Å². The summed E-state index contributed by atoms with van der Waals surface area (Å²) < 4.78 is 0. The number of aliphatic hydroxyl groups is 1. The van der Waals surface area contributed by atoms with Crippen molar-refractivity contribution in [3.8, 4) is 78.7 Å². The number of amidine groups is 1. The van der Waals surface area contributed by atoms with Crippen LogP contribution < -0.4 is 4.90 Å². The van der Waals surface area contributed by atoms with Crippen LogP contribution in [0.1, 0.15) is 43.4 Å². The lowest BCUT2D eigenvalue weighted by molar-refractivity contribution is 0.0792. The molecule has 1 fully saturated rings. The number of nitrogens with zero attached hydrogens (tertiary/aromatic N) is 6. The Balaban J connectivity index is 0.896. The van der Waals surface area contributed by atoms with Gasteiger partial charge in [0.1, 0.15) is 0 Å². The molecule has 2 aliphatic heterocycles. The van der Waals surface area contributed by atoms with E-state index in [1.165, 1.54) is 5.56 Å². The van der Waals surface area contributed by atoms with Gasteiger partial charge in [-0.25, -0.2) is 19.9 Å². The van der Waals surface area contributed by atoms with Gasteiger partial charge in [0.25, 0.3) is 0 Å². The zero-order valence-corrected chi connectivity index (χ0v) is 43.4. The average Bonchev–Trinajstić information content (AvgIpc) is 4.32.